The van der Waals surface area contributed by atoms with Crippen LogP contribution in [0.3, 0.4) is 0 Å². The summed E-state index contributed by atoms with van der Waals surface area (Å²) >= 11 is 0. The number of carbonyl (C=O) groups is 1. The topological polar surface area (TPSA) is 126 Å². The van der Waals surface area contributed by atoms with Crippen LogP contribution in [0.4, 0.5) is 5.82 Å². The Balaban J connectivity index is 1.57. The number of anilines is 1. The van der Waals surface area contributed by atoms with Gasteiger partial charge in [-0.05, 0) is 103 Å². The van der Waals surface area contributed by atoms with E-state index in [2.05, 4.69) is 11.8 Å². The summed E-state index contributed by atoms with van der Waals surface area (Å²) in [7, 11) is 0. The highest BCUT2D eigenvalue weighted by atomic mass is 16.5. The highest BCUT2D eigenvalue weighted by molar-refractivity contribution is 5.81. The number of aliphatic carboxylic acids is 1. The summed E-state index contributed by atoms with van der Waals surface area (Å²) in [4.78, 5) is 20.3. The molecule has 264 valence electrons. The first-order chi connectivity index (χ1) is 23.1. The van der Waals surface area contributed by atoms with Crippen molar-refractivity contribution in [2.24, 2.45) is 0 Å². The Labute approximate surface area is 289 Å². The molecule has 0 spiro atoms. The number of aliphatic hydroxyl groups is 1. The molecule has 2 aromatic carbocycles. The number of carboxylic acids is 1. The van der Waals surface area contributed by atoms with Crippen molar-refractivity contribution in [2.75, 3.05) is 37.8 Å². The van der Waals surface area contributed by atoms with E-state index >= 15 is 0 Å². The molecule has 5 rings (SSSR count). The fourth-order valence-corrected chi connectivity index (χ4v) is 6.50. The Bertz CT molecular complexity index is 1800. The second kappa shape index (κ2) is 14.5. The average molecular weight is 674 g/mol. The summed E-state index contributed by atoms with van der Waals surface area (Å²) in [5, 5.41) is 30.7. The lowest BCUT2D eigenvalue weighted by Gasteiger charge is -2.42. The number of piperidine rings is 1. The highest BCUT2D eigenvalue weighted by Crippen LogP contribution is 2.41. The van der Waals surface area contributed by atoms with Gasteiger partial charge in [-0.1, -0.05) is 30.3 Å². The van der Waals surface area contributed by atoms with E-state index in [1.54, 1.807) is 13.0 Å². The van der Waals surface area contributed by atoms with Gasteiger partial charge in [-0.25, -0.2) is 9.78 Å². The molecule has 10 nitrogen and oxygen atoms in total. The highest BCUT2D eigenvalue weighted by Gasteiger charge is 2.38. The van der Waals surface area contributed by atoms with E-state index in [0.29, 0.717) is 31.9 Å². The predicted octanol–water partition coefficient (Wildman–Crippen LogP) is 7.01. The predicted molar refractivity (Wildman–Crippen MR) is 191 cm³/mol. The van der Waals surface area contributed by atoms with Crippen molar-refractivity contribution in [1.82, 2.24) is 9.38 Å². The van der Waals surface area contributed by atoms with Gasteiger partial charge in [0.2, 0.25) is 0 Å². The van der Waals surface area contributed by atoms with Crippen LogP contribution in [0.2, 0.25) is 0 Å². The molecule has 1 fully saturated rings. The fraction of sp³-hybridized carbons (Fsp3) is 0.487. The molecule has 0 saturated carbocycles. The number of phenols is 1. The Hall–Kier alpha value is -3.96. The molecule has 1 aliphatic rings. The van der Waals surface area contributed by atoms with Crippen LogP contribution < -0.4 is 4.90 Å². The number of aromatic hydroxyl groups is 1. The van der Waals surface area contributed by atoms with Crippen molar-refractivity contribution in [1.29, 1.82) is 0 Å². The zero-order valence-electron chi connectivity index (χ0n) is 30.0. The summed E-state index contributed by atoms with van der Waals surface area (Å²) in [6.07, 6.45) is 1.70. The molecule has 1 saturated heterocycles. The molecule has 0 radical (unpaired) electrons. The molecular formula is C39H51N3O7. The van der Waals surface area contributed by atoms with Crippen LogP contribution in [0.5, 0.6) is 5.75 Å². The lowest BCUT2D eigenvalue weighted by Crippen LogP contribution is -2.46. The number of pyridine rings is 1. The summed E-state index contributed by atoms with van der Waals surface area (Å²) in [5.74, 6) is -0.0769. The molecule has 2 unspecified atom stereocenters. The second-order valence-electron chi connectivity index (χ2n) is 14.6. The van der Waals surface area contributed by atoms with Crippen LogP contribution in [-0.2, 0) is 19.0 Å². The first-order valence-electron chi connectivity index (χ1n) is 17.0. The normalized spacial score (nSPS) is 16.2. The molecule has 3 heterocycles. The molecule has 49 heavy (non-hydrogen) atoms. The molecular weight excluding hydrogens is 622 g/mol. The number of nitrogens with zero attached hydrogens (tertiary/aromatic N) is 3. The number of ether oxygens (including phenoxy) is 3. The lowest BCUT2D eigenvalue weighted by atomic mass is 9.92. The van der Waals surface area contributed by atoms with E-state index in [1.165, 1.54) is 0 Å². The van der Waals surface area contributed by atoms with E-state index in [4.69, 9.17) is 19.2 Å². The molecule has 0 bridgehead atoms. The van der Waals surface area contributed by atoms with Gasteiger partial charge >= 0.3 is 5.97 Å². The van der Waals surface area contributed by atoms with Gasteiger partial charge in [-0.15, -0.1) is 0 Å². The monoisotopic (exact) mass is 673 g/mol. The maximum absolute atomic E-state index is 12.9. The number of imidazole rings is 1. The maximum atomic E-state index is 12.9. The zero-order chi connectivity index (χ0) is 35.7. The third kappa shape index (κ3) is 8.27. The summed E-state index contributed by atoms with van der Waals surface area (Å²) in [6.45, 7) is 17.6. The van der Waals surface area contributed by atoms with Crippen LogP contribution in [0, 0.1) is 20.8 Å². The van der Waals surface area contributed by atoms with Gasteiger partial charge in [0.1, 0.15) is 17.2 Å². The van der Waals surface area contributed by atoms with Crippen LogP contribution in [0.1, 0.15) is 75.8 Å². The number of aliphatic hydroxyl groups excluding tert-OH is 1. The number of hydrogen-bond acceptors (Lipinski definition) is 8. The lowest BCUT2D eigenvalue weighted by molar-refractivity contribution is -0.160. The zero-order valence-corrected chi connectivity index (χ0v) is 30.0. The summed E-state index contributed by atoms with van der Waals surface area (Å²) < 4.78 is 20.1. The Morgan fingerprint density at radius 1 is 1.02 bits per heavy atom. The van der Waals surface area contributed by atoms with Gasteiger partial charge in [0.25, 0.3) is 0 Å². The number of carboxylic acid groups (broad SMARTS) is 1. The third-order valence-corrected chi connectivity index (χ3v) is 9.22. The van der Waals surface area contributed by atoms with E-state index in [-0.39, 0.29) is 18.0 Å². The number of rotatable bonds is 12. The van der Waals surface area contributed by atoms with E-state index in [0.717, 1.165) is 63.4 Å². The third-order valence-electron chi connectivity index (χ3n) is 9.22. The Morgan fingerprint density at radius 3 is 2.35 bits per heavy atom. The quantitative estimate of drug-likeness (QED) is 0.136. The number of aromatic nitrogens is 2. The standard InChI is InChI=1S/C39H51N3O7/c1-24-12-13-30(32(44)20-24)28-10-9-11-29(21-28)31-22-42-35(40-31)27(4)26(3)33(34(37(45)46)49-38(5,6)7)36(42)41-16-14-39(8,15-17-41)48-19-18-47-23-25(2)43/h9-13,20-22,25,34,43-44H,14-19,23H2,1-8H3,(H,45,46). The molecule has 0 aliphatic carbocycles. The molecule has 4 aromatic rings. The van der Waals surface area contributed by atoms with Crippen molar-refractivity contribution in [3.8, 4) is 28.1 Å². The fourth-order valence-electron chi connectivity index (χ4n) is 6.50. The van der Waals surface area contributed by atoms with E-state index in [9.17, 15) is 20.1 Å². The number of benzene rings is 2. The molecule has 10 heteroatoms. The Kier molecular flexibility index (Phi) is 10.7. The molecule has 1 aliphatic heterocycles. The van der Waals surface area contributed by atoms with Crippen LogP contribution in [0.25, 0.3) is 28.0 Å². The number of aryl methyl sites for hydroxylation is 2. The SMILES string of the molecule is Cc1ccc(-c2cccc(-c3cn4c(N5CCC(C)(OCCOCC(C)O)CC5)c(C(OC(C)(C)C)C(=O)O)c(C)c(C)c4n3)c2)c(O)c1. The molecule has 2 aromatic heterocycles. The number of phenolic OH excluding ortho intramolecular Hbond substituents is 1. The van der Waals surface area contributed by atoms with Gasteiger partial charge < -0.3 is 34.4 Å². The van der Waals surface area contributed by atoms with Crippen LogP contribution in [0.15, 0.2) is 48.7 Å². The van der Waals surface area contributed by atoms with Crippen molar-refractivity contribution < 1.29 is 34.3 Å². The van der Waals surface area contributed by atoms with Crippen molar-refractivity contribution in [3.05, 3.63) is 70.9 Å². The van der Waals surface area contributed by atoms with Crippen molar-refractivity contribution in [3.63, 3.8) is 0 Å². The largest absolute Gasteiger partial charge is 0.507 e. The minimum atomic E-state index is -1.20. The smallest absolute Gasteiger partial charge is 0.337 e. The van der Waals surface area contributed by atoms with Gasteiger partial charge in [0.15, 0.2) is 6.10 Å². The summed E-state index contributed by atoms with van der Waals surface area (Å²) in [5.41, 5.74) is 6.19. The molecule has 3 N–H and O–H groups in total. The number of fused-ring (bicyclic) bond motifs is 1. The van der Waals surface area contributed by atoms with Gasteiger partial charge in [0.05, 0.1) is 42.8 Å². The first-order valence-corrected chi connectivity index (χ1v) is 17.0. The van der Waals surface area contributed by atoms with Crippen molar-refractivity contribution in [2.45, 2.75) is 91.6 Å². The van der Waals surface area contributed by atoms with E-state index in [1.807, 2.05) is 88.5 Å². The van der Waals surface area contributed by atoms with Gasteiger partial charge in [-0.3, -0.25) is 4.40 Å². The van der Waals surface area contributed by atoms with Crippen molar-refractivity contribution >= 4 is 17.4 Å². The average Bonchev–Trinajstić information content (AvgIpc) is 3.47. The van der Waals surface area contributed by atoms with Gasteiger partial charge in [0, 0.05) is 36.0 Å². The maximum Gasteiger partial charge on any atom is 0.337 e. The number of hydrogen-bond donors (Lipinski definition) is 3. The minimum Gasteiger partial charge on any atom is -0.507 e. The molecule has 0 amide bonds. The summed E-state index contributed by atoms with van der Waals surface area (Å²) in [6, 6.07) is 13.6. The second-order valence-corrected chi connectivity index (χ2v) is 14.6. The van der Waals surface area contributed by atoms with E-state index < -0.39 is 23.8 Å². The minimum absolute atomic E-state index is 0.220. The van der Waals surface area contributed by atoms with Gasteiger partial charge in [-0.2, -0.15) is 0 Å². The Morgan fingerprint density at radius 2 is 1.71 bits per heavy atom. The first kappa shape index (κ1) is 36.3. The van der Waals surface area contributed by atoms with Crippen LogP contribution >= 0.6 is 0 Å². The molecule has 2 atom stereocenters. The van der Waals surface area contributed by atoms with Crippen LogP contribution in [-0.4, -0.2) is 80.9 Å².